The number of nitrogens with one attached hydrogen (secondary N) is 1. The number of aromatic hydroxyl groups is 1. The fraction of sp³-hybridized carbons (Fsp3) is 0.480. The van der Waals surface area contributed by atoms with Crippen LogP contribution in [0.1, 0.15) is 43.7 Å². The Morgan fingerprint density at radius 1 is 1.12 bits per heavy atom. The van der Waals surface area contributed by atoms with Crippen LogP contribution in [0.4, 0.5) is 5.69 Å². The maximum absolute atomic E-state index is 12.9. The summed E-state index contributed by atoms with van der Waals surface area (Å²) in [6, 6.07) is 12.4. The van der Waals surface area contributed by atoms with Crippen LogP contribution in [0, 0.1) is 5.92 Å². The van der Waals surface area contributed by atoms with Crippen molar-refractivity contribution in [3.05, 3.63) is 48.0 Å². The van der Waals surface area contributed by atoms with Gasteiger partial charge < -0.3 is 25.0 Å². The number of piperidine rings is 1. The molecule has 7 heteroatoms. The van der Waals surface area contributed by atoms with Crippen LogP contribution >= 0.6 is 0 Å². The van der Waals surface area contributed by atoms with Crippen LogP contribution in [0.15, 0.2) is 42.5 Å². The normalized spacial score (nSPS) is 25.6. The largest absolute Gasteiger partial charge is 0.504 e. The fourth-order valence-corrected chi connectivity index (χ4v) is 5.30. The minimum atomic E-state index is -0.725. The molecule has 3 N–H and O–H groups in total. The van der Waals surface area contributed by atoms with E-state index in [0.29, 0.717) is 24.4 Å². The van der Waals surface area contributed by atoms with Gasteiger partial charge in [0.1, 0.15) is 5.75 Å². The molecular weight excluding hydrogens is 408 g/mol. The van der Waals surface area contributed by atoms with Crippen molar-refractivity contribution in [1.82, 2.24) is 4.90 Å². The number of carbonyl (C=O) groups is 1. The molecule has 32 heavy (non-hydrogen) atoms. The molecule has 2 aromatic carbocycles. The van der Waals surface area contributed by atoms with Crippen molar-refractivity contribution in [3.8, 4) is 17.2 Å². The molecule has 1 saturated carbocycles. The molecule has 2 fully saturated rings. The van der Waals surface area contributed by atoms with E-state index in [4.69, 9.17) is 9.47 Å². The number of nitrogens with zero attached hydrogens (tertiary/aromatic N) is 1. The third-order valence-electron chi connectivity index (χ3n) is 6.94. The van der Waals surface area contributed by atoms with Crippen molar-refractivity contribution in [1.29, 1.82) is 0 Å². The third kappa shape index (κ3) is 4.54. The number of ether oxygens (including phenoxy) is 2. The molecule has 0 spiro atoms. The molecule has 4 rings (SSSR count). The van der Waals surface area contributed by atoms with Crippen molar-refractivity contribution in [2.45, 2.75) is 43.7 Å². The first-order chi connectivity index (χ1) is 15.4. The third-order valence-corrected chi connectivity index (χ3v) is 6.94. The first-order valence-electron chi connectivity index (χ1n) is 11.2. The zero-order chi connectivity index (χ0) is 22.7. The topological polar surface area (TPSA) is 91.3 Å². The molecule has 1 saturated heterocycles. The van der Waals surface area contributed by atoms with Crippen LogP contribution < -0.4 is 14.8 Å². The quantitative estimate of drug-likeness (QED) is 0.634. The highest BCUT2D eigenvalue weighted by Crippen LogP contribution is 2.50. The first kappa shape index (κ1) is 22.4. The van der Waals surface area contributed by atoms with Gasteiger partial charge in [0.15, 0.2) is 11.5 Å². The summed E-state index contributed by atoms with van der Waals surface area (Å²) < 4.78 is 10.5. The van der Waals surface area contributed by atoms with E-state index >= 15 is 0 Å². The maximum Gasteiger partial charge on any atom is 0.238 e. The zero-order valence-electron chi connectivity index (χ0n) is 18.7. The van der Waals surface area contributed by atoms with Gasteiger partial charge in [-0.25, -0.2) is 0 Å². The maximum atomic E-state index is 12.9. The summed E-state index contributed by atoms with van der Waals surface area (Å²) >= 11 is 0. The van der Waals surface area contributed by atoms with Crippen molar-refractivity contribution < 1.29 is 24.5 Å². The van der Waals surface area contributed by atoms with E-state index in [2.05, 4.69) is 10.2 Å². The van der Waals surface area contributed by atoms with Gasteiger partial charge in [-0.15, -0.1) is 0 Å². The van der Waals surface area contributed by atoms with Gasteiger partial charge in [0.2, 0.25) is 5.91 Å². The minimum absolute atomic E-state index is 0.0213. The molecule has 1 amide bonds. The van der Waals surface area contributed by atoms with Gasteiger partial charge in [0.25, 0.3) is 0 Å². The lowest BCUT2D eigenvalue weighted by Gasteiger charge is -2.52. The summed E-state index contributed by atoms with van der Waals surface area (Å²) in [5.41, 5.74) is 0.934. The van der Waals surface area contributed by atoms with E-state index in [0.717, 1.165) is 37.0 Å². The van der Waals surface area contributed by atoms with E-state index in [1.54, 1.807) is 13.2 Å². The Kier molecular flexibility index (Phi) is 6.58. The summed E-state index contributed by atoms with van der Waals surface area (Å²) in [4.78, 5) is 15.1. The van der Waals surface area contributed by atoms with Crippen molar-refractivity contribution >= 4 is 11.6 Å². The number of phenolic OH excluding ortho intramolecular Hbond substituents is 1. The molecule has 0 unspecified atom stereocenters. The minimum Gasteiger partial charge on any atom is -0.504 e. The Balaban J connectivity index is 1.58. The number of hydrogen-bond acceptors (Lipinski definition) is 6. The predicted octanol–water partition coefficient (Wildman–Crippen LogP) is 3.72. The standard InChI is InChI=1S/C25H32N2O5/c1-31-19-9-7-18(8-10-19)26-23(29)16-27-14-13-25(30)12-4-3-5-20(25)24(27)17-6-11-21(28)22(15-17)32-2/h6-11,15,20,24,28,30H,3-5,12-14,16H2,1-2H3,(H,26,29)/t20-,24-,25-/m1/s1. The lowest BCUT2D eigenvalue weighted by molar-refractivity contribution is -0.135. The smallest absolute Gasteiger partial charge is 0.238 e. The first-order valence-corrected chi connectivity index (χ1v) is 11.2. The number of amides is 1. The highest BCUT2D eigenvalue weighted by atomic mass is 16.5. The molecule has 1 heterocycles. The molecule has 2 aromatic rings. The summed E-state index contributed by atoms with van der Waals surface area (Å²) in [5.74, 6) is 1.13. The van der Waals surface area contributed by atoms with E-state index in [1.165, 1.54) is 7.11 Å². The van der Waals surface area contributed by atoms with Crippen LogP contribution in [-0.2, 0) is 4.79 Å². The number of fused-ring (bicyclic) bond motifs is 1. The second-order valence-corrected chi connectivity index (χ2v) is 8.83. The molecule has 0 aromatic heterocycles. The average Bonchev–Trinajstić information content (AvgIpc) is 2.80. The van der Waals surface area contributed by atoms with Crippen LogP contribution in [0.25, 0.3) is 0 Å². The van der Waals surface area contributed by atoms with E-state index in [-0.39, 0.29) is 30.2 Å². The Morgan fingerprint density at radius 2 is 1.91 bits per heavy atom. The molecule has 0 bridgehead atoms. The van der Waals surface area contributed by atoms with E-state index in [1.807, 2.05) is 36.4 Å². The second-order valence-electron chi connectivity index (χ2n) is 8.83. The number of hydrogen-bond donors (Lipinski definition) is 3. The molecule has 0 radical (unpaired) electrons. The lowest BCUT2D eigenvalue weighted by Crippen LogP contribution is -2.56. The van der Waals surface area contributed by atoms with E-state index in [9.17, 15) is 15.0 Å². The fourth-order valence-electron chi connectivity index (χ4n) is 5.30. The van der Waals surface area contributed by atoms with Crippen molar-refractivity contribution in [2.75, 3.05) is 32.6 Å². The number of benzene rings is 2. The molecule has 1 aliphatic carbocycles. The Bertz CT molecular complexity index is 948. The van der Waals surface area contributed by atoms with Gasteiger partial charge in [-0.05, 0) is 61.2 Å². The van der Waals surface area contributed by atoms with Crippen molar-refractivity contribution in [2.24, 2.45) is 5.92 Å². The van der Waals surface area contributed by atoms with Crippen LogP contribution in [0.2, 0.25) is 0 Å². The summed E-state index contributed by atoms with van der Waals surface area (Å²) in [5, 5.41) is 24.5. The lowest BCUT2D eigenvalue weighted by atomic mass is 9.66. The van der Waals surface area contributed by atoms with Gasteiger partial charge in [0, 0.05) is 24.2 Å². The summed E-state index contributed by atoms with van der Waals surface area (Å²) in [7, 11) is 3.13. The van der Waals surface area contributed by atoms with Gasteiger partial charge in [0.05, 0.1) is 26.4 Å². The molecule has 1 aliphatic heterocycles. The molecule has 3 atom stereocenters. The van der Waals surface area contributed by atoms with Gasteiger partial charge in [-0.3, -0.25) is 9.69 Å². The molecule has 2 aliphatic rings. The van der Waals surface area contributed by atoms with Gasteiger partial charge in [-0.1, -0.05) is 18.9 Å². The van der Waals surface area contributed by atoms with Gasteiger partial charge >= 0.3 is 0 Å². The van der Waals surface area contributed by atoms with Crippen LogP contribution in [0.5, 0.6) is 17.2 Å². The molecular formula is C25H32N2O5. The molecule has 7 nitrogen and oxygen atoms in total. The number of likely N-dealkylation sites (tertiary alicyclic amines) is 1. The summed E-state index contributed by atoms with van der Waals surface area (Å²) in [6.45, 7) is 0.837. The predicted molar refractivity (Wildman–Crippen MR) is 122 cm³/mol. The Morgan fingerprint density at radius 3 is 2.62 bits per heavy atom. The Labute approximate surface area is 189 Å². The number of anilines is 1. The summed E-state index contributed by atoms with van der Waals surface area (Å²) in [6.07, 6.45) is 4.43. The second kappa shape index (κ2) is 9.38. The molecule has 172 valence electrons. The number of phenols is 1. The van der Waals surface area contributed by atoms with E-state index < -0.39 is 5.60 Å². The Hall–Kier alpha value is -2.77. The zero-order valence-corrected chi connectivity index (χ0v) is 18.7. The van der Waals surface area contributed by atoms with Crippen LogP contribution in [0.3, 0.4) is 0 Å². The number of carbonyl (C=O) groups excluding carboxylic acids is 1. The average molecular weight is 441 g/mol. The number of rotatable bonds is 6. The monoisotopic (exact) mass is 440 g/mol. The van der Waals surface area contributed by atoms with Gasteiger partial charge in [-0.2, -0.15) is 0 Å². The number of aliphatic hydroxyl groups is 1. The number of methoxy groups -OCH3 is 2. The van der Waals surface area contributed by atoms with Crippen LogP contribution in [-0.4, -0.2) is 53.9 Å². The highest BCUT2D eigenvalue weighted by Gasteiger charge is 2.49. The SMILES string of the molecule is COc1ccc(NC(=O)CN2CC[C@]3(O)CCCC[C@@H]3[C@H]2c2ccc(O)c(OC)c2)cc1. The highest BCUT2D eigenvalue weighted by molar-refractivity contribution is 5.92. The van der Waals surface area contributed by atoms with Crippen molar-refractivity contribution in [3.63, 3.8) is 0 Å².